The Morgan fingerprint density at radius 3 is 2.93 bits per heavy atom. The van der Waals surface area contributed by atoms with Crippen molar-refractivity contribution in [2.75, 3.05) is 6.54 Å². The SMILES string of the molecule is Cc1ccsc1C(F)(F)CC1CCCN1. The van der Waals surface area contributed by atoms with E-state index in [0.717, 1.165) is 30.7 Å². The molecule has 0 aliphatic carbocycles. The van der Waals surface area contributed by atoms with Gasteiger partial charge in [0, 0.05) is 12.5 Å². The lowest BCUT2D eigenvalue weighted by atomic mass is 10.0. The molecule has 2 heterocycles. The van der Waals surface area contributed by atoms with E-state index < -0.39 is 5.92 Å². The maximum atomic E-state index is 13.9. The standard InChI is InChI=1S/C11H15F2NS/c1-8-4-6-15-10(8)11(12,13)7-9-3-2-5-14-9/h4,6,9,14H,2-3,5,7H2,1H3. The quantitative estimate of drug-likeness (QED) is 0.841. The van der Waals surface area contributed by atoms with E-state index in [1.54, 1.807) is 18.4 Å². The molecule has 1 saturated heterocycles. The molecular formula is C11H15F2NS. The first kappa shape index (κ1) is 11.0. The minimum absolute atomic E-state index is 0.0125. The van der Waals surface area contributed by atoms with Gasteiger partial charge in [0.1, 0.15) is 0 Å². The van der Waals surface area contributed by atoms with Crippen LogP contribution in [0.3, 0.4) is 0 Å². The lowest BCUT2D eigenvalue weighted by Gasteiger charge is -2.20. The summed E-state index contributed by atoms with van der Waals surface area (Å²) in [5.74, 6) is -2.67. The highest BCUT2D eigenvalue weighted by Crippen LogP contribution is 2.39. The molecule has 1 unspecified atom stereocenters. The molecular weight excluding hydrogens is 216 g/mol. The first-order valence-electron chi connectivity index (χ1n) is 5.25. The molecule has 0 aromatic carbocycles. The Kier molecular flexibility index (Phi) is 3.07. The number of rotatable bonds is 3. The van der Waals surface area contributed by atoms with Gasteiger partial charge in [0.05, 0.1) is 4.88 Å². The minimum atomic E-state index is -2.67. The van der Waals surface area contributed by atoms with E-state index in [1.807, 2.05) is 0 Å². The normalized spacial score (nSPS) is 22.2. The Morgan fingerprint density at radius 1 is 1.60 bits per heavy atom. The van der Waals surface area contributed by atoms with E-state index in [9.17, 15) is 8.78 Å². The van der Waals surface area contributed by atoms with Gasteiger partial charge in [-0.3, -0.25) is 0 Å². The summed E-state index contributed by atoms with van der Waals surface area (Å²) in [6.45, 7) is 2.63. The monoisotopic (exact) mass is 231 g/mol. The summed E-state index contributed by atoms with van der Waals surface area (Å²) >= 11 is 1.16. The topological polar surface area (TPSA) is 12.0 Å². The van der Waals surface area contributed by atoms with Crippen molar-refractivity contribution in [2.24, 2.45) is 0 Å². The summed E-state index contributed by atoms with van der Waals surface area (Å²) in [6, 6.07) is 1.75. The van der Waals surface area contributed by atoms with E-state index in [0.29, 0.717) is 5.56 Å². The van der Waals surface area contributed by atoms with Gasteiger partial charge in [-0.1, -0.05) is 0 Å². The van der Waals surface area contributed by atoms with Crippen LogP contribution in [0.25, 0.3) is 0 Å². The summed E-state index contributed by atoms with van der Waals surface area (Å²) in [5.41, 5.74) is 0.711. The average Bonchev–Trinajstić information content (AvgIpc) is 2.75. The van der Waals surface area contributed by atoms with E-state index in [2.05, 4.69) is 5.32 Å². The summed E-state index contributed by atoms with van der Waals surface area (Å²) < 4.78 is 27.7. The van der Waals surface area contributed by atoms with Crippen molar-refractivity contribution in [3.63, 3.8) is 0 Å². The molecule has 0 radical (unpaired) electrons. The van der Waals surface area contributed by atoms with Crippen molar-refractivity contribution in [2.45, 2.75) is 38.2 Å². The van der Waals surface area contributed by atoms with Crippen LogP contribution in [0.15, 0.2) is 11.4 Å². The van der Waals surface area contributed by atoms with Crippen molar-refractivity contribution >= 4 is 11.3 Å². The van der Waals surface area contributed by atoms with Crippen LogP contribution in [0, 0.1) is 6.92 Å². The Hall–Kier alpha value is -0.480. The van der Waals surface area contributed by atoms with E-state index in [1.165, 1.54) is 0 Å². The van der Waals surface area contributed by atoms with Crippen LogP contribution in [0.4, 0.5) is 8.78 Å². The predicted octanol–water partition coefficient (Wildman–Crippen LogP) is 3.29. The van der Waals surface area contributed by atoms with Gasteiger partial charge in [-0.15, -0.1) is 11.3 Å². The molecule has 1 aliphatic heterocycles. The highest BCUT2D eigenvalue weighted by Gasteiger charge is 2.37. The molecule has 1 aromatic heterocycles. The molecule has 84 valence electrons. The largest absolute Gasteiger partial charge is 0.314 e. The fourth-order valence-electron chi connectivity index (χ4n) is 2.08. The molecule has 1 atom stereocenters. The molecule has 15 heavy (non-hydrogen) atoms. The molecule has 0 bridgehead atoms. The maximum Gasteiger partial charge on any atom is 0.283 e. The third kappa shape index (κ3) is 2.37. The summed E-state index contributed by atoms with van der Waals surface area (Å²) in [5, 5.41) is 4.86. The number of aryl methyl sites for hydroxylation is 1. The van der Waals surface area contributed by atoms with E-state index >= 15 is 0 Å². The zero-order valence-corrected chi connectivity index (χ0v) is 9.54. The molecule has 0 saturated carbocycles. The van der Waals surface area contributed by atoms with Gasteiger partial charge in [-0.25, -0.2) is 8.78 Å². The molecule has 0 amide bonds. The van der Waals surface area contributed by atoms with Crippen molar-refractivity contribution < 1.29 is 8.78 Å². The second-order valence-corrected chi connectivity index (χ2v) is 5.05. The Balaban J connectivity index is 2.08. The van der Waals surface area contributed by atoms with Gasteiger partial charge in [0.2, 0.25) is 0 Å². The lowest BCUT2D eigenvalue weighted by molar-refractivity contribution is -0.0181. The van der Waals surface area contributed by atoms with Crippen molar-refractivity contribution in [3.05, 3.63) is 21.9 Å². The molecule has 2 rings (SSSR count). The first-order valence-corrected chi connectivity index (χ1v) is 6.13. The second kappa shape index (κ2) is 4.18. The molecule has 1 aromatic rings. The Bertz CT molecular complexity index is 329. The molecule has 0 spiro atoms. The van der Waals surface area contributed by atoms with Gasteiger partial charge in [-0.05, 0) is 43.3 Å². The van der Waals surface area contributed by atoms with Gasteiger partial charge >= 0.3 is 0 Å². The van der Waals surface area contributed by atoms with E-state index in [4.69, 9.17) is 0 Å². The number of alkyl halides is 2. The van der Waals surface area contributed by atoms with Crippen LogP contribution in [0.1, 0.15) is 29.7 Å². The fourth-order valence-corrected chi connectivity index (χ4v) is 3.00. The van der Waals surface area contributed by atoms with Crippen LogP contribution >= 0.6 is 11.3 Å². The Labute approximate surface area is 92.5 Å². The van der Waals surface area contributed by atoms with Crippen LogP contribution < -0.4 is 5.32 Å². The summed E-state index contributed by atoms with van der Waals surface area (Å²) in [4.78, 5) is 0.233. The number of halogens is 2. The zero-order chi connectivity index (χ0) is 10.9. The van der Waals surface area contributed by atoms with Gasteiger partial charge in [0.25, 0.3) is 5.92 Å². The van der Waals surface area contributed by atoms with E-state index in [-0.39, 0.29) is 17.3 Å². The van der Waals surface area contributed by atoms with Gasteiger partial charge in [-0.2, -0.15) is 0 Å². The smallest absolute Gasteiger partial charge is 0.283 e. The maximum absolute atomic E-state index is 13.9. The third-order valence-corrected chi connectivity index (χ3v) is 3.99. The second-order valence-electron chi connectivity index (χ2n) is 4.13. The molecule has 1 aliphatic rings. The zero-order valence-electron chi connectivity index (χ0n) is 8.72. The fraction of sp³-hybridized carbons (Fsp3) is 0.636. The number of nitrogens with one attached hydrogen (secondary N) is 1. The molecule has 1 N–H and O–H groups in total. The van der Waals surface area contributed by atoms with Crippen LogP contribution in [-0.2, 0) is 5.92 Å². The number of thiophene rings is 1. The van der Waals surface area contributed by atoms with Gasteiger partial charge < -0.3 is 5.32 Å². The molecule has 1 nitrogen and oxygen atoms in total. The summed E-state index contributed by atoms with van der Waals surface area (Å²) in [6.07, 6.45) is 1.83. The van der Waals surface area contributed by atoms with Crippen LogP contribution in [0.2, 0.25) is 0 Å². The molecule has 1 fully saturated rings. The van der Waals surface area contributed by atoms with Crippen molar-refractivity contribution in [1.82, 2.24) is 5.32 Å². The number of hydrogen-bond donors (Lipinski definition) is 1. The third-order valence-electron chi connectivity index (χ3n) is 2.86. The minimum Gasteiger partial charge on any atom is -0.314 e. The Morgan fingerprint density at radius 2 is 2.40 bits per heavy atom. The highest BCUT2D eigenvalue weighted by molar-refractivity contribution is 7.10. The van der Waals surface area contributed by atoms with Crippen LogP contribution in [-0.4, -0.2) is 12.6 Å². The molecule has 4 heteroatoms. The van der Waals surface area contributed by atoms with Crippen LogP contribution in [0.5, 0.6) is 0 Å². The van der Waals surface area contributed by atoms with Gasteiger partial charge in [0.15, 0.2) is 0 Å². The van der Waals surface area contributed by atoms with Crippen molar-refractivity contribution in [1.29, 1.82) is 0 Å². The van der Waals surface area contributed by atoms with Crippen molar-refractivity contribution in [3.8, 4) is 0 Å². The lowest BCUT2D eigenvalue weighted by Crippen LogP contribution is -2.29. The first-order chi connectivity index (χ1) is 7.09. The number of hydrogen-bond acceptors (Lipinski definition) is 2. The predicted molar refractivity (Wildman–Crippen MR) is 58.6 cm³/mol. The summed E-state index contributed by atoms with van der Waals surface area (Å²) in [7, 11) is 0. The highest BCUT2D eigenvalue weighted by atomic mass is 32.1. The average molecular weight is 231 g/mol.